The maximum Gasteiger partial charge on any atom is 0.293 e. The average Bonchev–Trinajstić information content (AvgIpc) is 3.35. The van der Waals surface area contributed by atoms with E-state index in [9.17, 15) is 9.59 Å². The highest BCUT2D eigenvalue weighted by atomic mass is 16.6. The van der Waals surface area contributed by atoms with Crippen molar-refractivity contribution in [2.75, 3.05) is 37.6 Å². The molecule has 0 saturated carbocycles. The smallest absolute Gasteiger partial charge is 0.293 e. The number of carbonyl (C=O) groups excluding carboxylic acids is 2. The van der Waals surface area contributed by atoms with Crippen LogP contribution in [0.1, 0.15) is 10.6 Å². The van der Waals surface area contributed by atoms with Crippen LogP contribution in [0, 0.1) is 0 Å². The minimum absolute atomic E-state index is 0.000502. The number of rotatable bonds is 5. The van der Waals surface area contributed by atoms with Gasteiger partial charge in [0, 0.05) is 24.2 Å². The molecule has 3 aromatic rings. The van der Waals surface area contributed by atoms with Crippen LogP contribution < -0.4 is 20.1 Å². The van der Waals surface area contributed by atoms with Crippen molar-refractivity contribution in [3.05, 3.63) is 124 Å². The molecular weight excluding hydrogens is 520 g/mol. The van der Waals surface area contributed by atoms with Gasteiger partial charge in [-0.3, -0.25) is 9.59 Å². The molecule has 1 aliphatic rings. The summed E-state index contributed by atoms with van der Waals surface area (Å²) in [5.74, 6) is 0.298. The Bertz CT molecular complexity index is 1830. The van der Waals surface area contributed by atoms with Gasteiger partial charge >= 0.3 is 0 Å². The molecular formula is C33H22N2O6. The number of benzene rings is 2. The number of carbonyl (C=O) groups is 2. The number of nitrogens with one attached hydrogen (secondary N) is 2. The van der Waals surface area contributed by atoms with E-state index in [0.29, 0.717) is 47.1 Å². The van der Waals surface area contributed by atoms with Crippen LogP contribution in [0.15, 0.2) is 123 Å². The molecule has 200 valence electrons. The molecule has 2 amide bonds. The first-order chi connectivity index (χ1) is 20.1. The van der Waals surface area contributed by atoms with Gasteiger partial charge in [0.05, 0.1) is 0 Å². The number of furan rings is 1. The first kappa shape index (κ1) is 29.4. The maximum absolute atomic E-state index is 12.9. The summed E-state index contributed by atoms with van der Waals surface area (Å²) in [4.78, 5) is 24.9. The molecule has 0 radical (unpaired) electrons. The van der Waals surface area contributed by atoms with Gasteiger partial charge in [0.15, 0.2) is 11.5 Å². The molecule has 0 atom stereocenters. The number of amides is 2. The lowest BCUT2D eigenvalue weighted by atomic mass is 10.2. The maximum atomic E-state index is 12.9. The first-order valence-corrected chi connectivity index (χ1v) is 11.9. The van der Waals surface area contributed by atoms with Gasteiger partial charge in [-0.1, -0.05) is 23.6 Å². The second-order valence-corrected chi connectivity index (χ2v) is 7.57. The molecule has 0 saturated heterocycles. The molecule has 8 nitrogen and oxygen atoms in total. The summed E-state index contributed by atoms with van der Waals surface area (Å²) in [7, 11) is 1.42. The van der Waals surface area contributed by atoms with Crippen molar-refractivity contribution in [1.82, 2.24) is 0 Å². The van der Waals surface area contributed by atoms with Crippen molar-refractivity contribution in [2.45, 2.75) is 0 Å². The molecule has 4 rings (SSSR count). The minimum Gasteiger partial charge on any atom is -0.486 e. The van der Waals surface area contributed by atoms with Crippen molar-refractivity contribution < 1.29 is 28.2 Å². The van der Waals surface area contributed by atoms with Crippen LogP contribution in [0.3, 0.4) is 0 Å². The van der Waals surface area contributed by atoms with Gasteiger partial charge < -0.3 is 29.3 Å². The van der Waals surface area contributed by atoms with Crippen molar-refractivity contribution in [2.24, 2.45) is 0 Å². The summed E-state index contributed by atoms with van der Waals surface area (Å²) >= 11 is 0. The van der Waals surface area contributed by atoms with Gasteiger partial charge in [-0.05, 0) is 89.0 Å². The van der Waals surface area contributed by atoms with Crippen LogP contribution in [-0.4, -0.2) is 38.7 Å². The summed E-state index contributed by atoms with van der Waals surface area (Å²) in [6.07, 6.45) is 0. The molecule has 0 spiro atoms. The highest BCUT2D eigenvalue weighted by Crippen LogP contribution is 2.34. The van der Waals surface area contributed by atoms with Crippen LogP contribution >= 0.6 is 0 Å². The molecule has 0 unspecified atom stereocenters. The molecule has 1 aliphatic heterocycles. The van der Waals surface area contributed by atoms with E-state index in [2.05, 4.69) is 86.8 Å². The van der Waals surface area contributed by atoms with Crippen LogP contribution in [0.5, 0.6) is 11.5 Å². The van der Waals surface area contributed by atoms with Crippen molar-refractivity contribution in [1.29, 1.82) is 0 Å². The van der Waals surface area contributed by atoms with Crippen molar-refractivity contribution in [3.63, 3.8) is 0 Å². The second kappa shape index (κ2) is 15.9. The summed E-state index contributed by atoms with van der Waals surface area (Å²) in [5, 5.41) is 6.08. The van der Waals surface area contributed by atoms with E-state index in [1.165, 1.54) is 7.11 Å². The second-order valence-electron chi connectivity index (χ2n) is 7.57. The lowest BCUT2D eigenvalue weighted by Gasteiger charge is -2.18. The molecule has 2 N–H and O–H groups in total. The number of anilines is 2. The van der Waals surface area contributed by atoms with E-state index >= 15 is 0 Å². The highest BCUT2D eigenvalue weighted by molar-refractivity contribution is 6.14. The van der Waals surface area contributed by atoms with Crippen molar-refractivity contribution >= 4 is 34.2 Å². The van der Waals surface area contributed by atoms with E-state index in [-0.39, 0.29) is 18.3 Å². The number of ether oxygens (including phenoxy) is 3. The van der Waals surface area contributed by atoms with Gasteiger partial charge in [0.25, 0.3) is 5.91 Å². The third-order valence-corrected chi connectivity index (χ3v) is 4.82. The molecule has 2 heterocycles. The van der Waals surface area contributed by atoms with Crippen LogP contribution in [-0.2, 0) is 9.53 Å². The van der Waals surface area contributed by atoms with E-state index in [4.69, 9.17) is 18.6 Å². The zero-order chi connectivity index (χ0) is 29.3. The third-order valence-electron chi connectivity index (χ3n) is 4.82. The minimum atomic E-state index is -0.499. The topological polar surface area (TPSA) is 99.0 Å². The zero-order valence-corrected chi connectivity index (χ0v) is 22.0. The Morgan fingerprint density at radius 2 is 1.44 bits per heavy atom. The number of para-hydroxylation sites is 1. The lowest BCUT2D eigenvalue weighted by Crippen LogP contribution is -2.20. The number of hydrogen-bond donors (Lipinski definition) is 2. The normalized spacial score (nSPS) is 9.78. The number of methoxy groups -OCH3 is 1. The Balaban J connectivity index is 0.000000302. The van der Waals surface area contributed by atoms with Gasteiger partial charge in [-0.25, -0.2) is 0 Å². The van der Waals surface area contributed by atoms with Gasteiger partial charge in [0.2, 0.25) is 11.7 Å². The Labute approximate surface area is 235 Å². The van der Waals surface area contributed by atoms with Crippen LogP contribution in [0.25, 0.3) is 11.0 Å². The first-order valence-electron chi connectivity index (χ1n) is 11.9. The Morgan fingerprint density at radius 1 is 0.829 bits per heavy atom. The Morgan fingerprint density at radius 3 is 2.07 bits per heavy atom. The van der Waals surface area contributed by atoms with E-state index in [1.807, 2.05) is 0 Å². The van der Waals surface area contributed by atoms with Crippen LogP contribution in [0.2, 0.25) is 0 Å². The fraction of sp³-hybridized carbons (Fsp3) is 0.121. The molecule has 1 aromatic heterocycles. The summed E-state index contributed by atoms with van der Waals surface area (Å²) in [6, 6.07) is 12.2. The van der Waals surface area contributed by atoms with E-state index in [0.717, 1.165) is 0 Å². The van der Waals surface area contributed by atoms with E-state index < -0.39 is 5.91 Å². The third kappa shape index (κ3) is 8.95. The van der Waals surface area contributed by atoms with Gasteiger partial charge in [0.1, 0.15) is 31.1 Å². The predicted molar refractivity (Wildman–Crippen MR) is 152 cm³/mol. The summed E-state index contributed by atoms with van der Waals surface area (Å²) < 4.78 is 21.6. The van der Waals surface area contributed by atoms with E-state index in [1.54, 1.807) is 42.5 Å². The fourth-order valence-electron chi connectivity index (χ4n) is 3.25. The molecule has 0 bridgehead atoms. The molecule has 0 aliphatic carbocycles. The quantitative estimate of drug-likeness (QED) is 0.410. The Kier molecular flexibility index (Phi) is 11.4. The van der Waals surface area contributed by atoms with Crippen LogP contribution in [0.4, 0.5) is 11.4 Å². The predicted octanol–water partition coefficient (Wildman–Crippen LogP) is 5.55. The zero-order valence-electron chi connectivity index (χ0n) is 22.0. The molecule has 2 aromatic carbocycles. The standard InChI is InChI=1S/C20H18N2O6.C13H4/c1-25-11-17(23)22-18-13-4-2-3-5-14(13)28-19(18)20(24)21-12-6-7-15-16(10-12)27-9-8-26-15;1-3-5-7-9-11-13-12-10-8-6-4-2/h2-7,10H,8-9,11H2,1H3,(H,21,24)(H,22,23);1-2H2. The number of fused-ring (bicyclic) bond motifs is 2. The molecule has 8 heteroatoms. The lowest BCUT2D eigenvalue weighted by molar-refractivity contribution is -0.119. The fourth-order valence-corrected chi connectivity index (χ4v) is 3.25. The van der Waals surface area contributed by atoms with Gasteiger partial charge in [-0.2, -0.15) is 0 Å². The summed E-state index contributed by atoms with van der Waals surface area (Å²) in [5.41, 5.74) is 28.2. The molecule has 41 heavy (non-hydrogen) atoms. The summed E-state index contributed by atoms with van der Waals surface area (Å²) in [6.45, 7) is 7.37. The Hall–Kier alpha value is -6.20. The largest absolute Gasteiger partial charge is 0.486 e. The highest BCUT2D eigenvalue weighted by Gasteiger charge is 2.23. The average molecular weight is 543 g/mol. The van der Waals surface area contributed by atoms with Crippen molar-refractivity contribution in [3.8, 4) is 11.5 Å². The van der Waals surface area contributed by atoms with Gasteiger partial charge in [-0.15, -0.1) is 0 Å². The monoisotopic (exact) mass is 542 g/mol. The molecule has 0 fully saturated rings. The SMILES string of the molecule is C=C=C=C=C=C=C=C=C=C=C=C=C.COCC(=O)Nc1c(C(=O)Nc2ccc3c(c2)OCCO3)oc2ccccc12. The number of hydrogen-bond acceptors (Lipinski definition) is 6.